The summed E-state index contributed by atoms with van der Waals surface area (Å²) in [6, 6.07) is -0.754. The zero-order valence-corrected chi connectivity index (χ0v) is 15.0. The SMILES string of the molecule is CC(C)C(NC1CCC(N)(C(=O)NCC(F)F)CC1)C(=O)NCC(F)F. The van der Waals surface area contributed by atoms with Crippen molar-refractivity contribution >= 4 is 11.8 Å². The van der Waals surface area contributed by atoms with E-state index < -0.39 is 49.3 Å². The maximum Gasteiger partial charge on any atom is 0.255 e. The molecule has 152 valence electrons. The van der Waals surface area contributed by atoms with E-state index in [0.717, 1.165) is 0 Å². The quantitative estimate of drug-likeness (QED) is 0.446. The summed E-state index contributed by atoms with van der Waals surface area (Å²) < 4.78 is 48.9. The summed E-state index contributed by atoms with van der Waals surface area (Å²) in [7, 11) is 0. The predicted molar refractivity (Wildman–Crippen MR) is 89.0 cm³/mol. The molecule has 1 rings (SSSR count). The topological polar surface area (TPSA) is 96.2 Å². The number of nitrogens with two attached hydrogens (primary N) is 1. The maximum absolute atomic E-state index is 12.3. The summed E-state index contributed by atoms with van der Waals surface area (Å²) in [5, 5.41) is 7.49. The van der Waals surface area contributed by atoms with Crippen LogP contribution in [-0.4, -0.2) is 55.4 Å². The van der Waals surface area contributed by atoms with Crippen molar-refractivity contribution in [3.63, 3.8) is 0 Å². The number of carbonyl (C=O) groups excluding carboxylic acids is 2. The molecule has 0 radical (unpaired) electrons. The summed E-state index contributed by atoms with van der Waals surface area (Å²) in [6.07, 6.45) is -3.74. The Bertz CT molecular complexity index is 469. The molecular formula is C16H28F4N4O2. The van der Waals surface area contributed by atoms with E-state index in [9.17, 15) is 27.2 Å². The molecule has 1 unspecified atom stereocenters. The number of carbonyl (C=O) groups is 2. The van der Waals surface area contributed by atoms with Gasteiger partial charge in [0.25, 0.3) is 12.9 Å². The van der Waals surface area contributed by atoms with E-state index in [1.54, 1.807) is 13.8 Å². The molecule has 6 nitrogen and oxygen atoms in total. The third-order valence-electron chi connectivity index (χ3n) is 4.54. The molecule has 26 heavy (non-hydrogen) atoms. The van der Waals surface area contributed by atoms with Gasteiger partial charge in [0.2, 0.25) is 11.8 Å². The second kappa shape index (κ2) is 10.1. The number of hydrogen-bond donors (Lipinski definition) is 4. The van der Waals surface area contributed by atoms with Crippen molar-refractivity contribution in [3.05, 3.63) is 0 Å². The zero-order valence-electron chi connectivity index (χ0n) is 15.0. The Balaban J connectivity index is 2.54. The van der Waals surface area contributed by atoms with E-state index in [2.05, 4.69) is 16.0 Å². The second-order valence-corrected chi connectivity index (χ2v) is 7.06. The van der Waals surface area contributed by atoms with Gasteiger partial charge in [0, 0.05) is 6.04 Å². The molecule has 0 spiro atoms. The summed E-state index contributed by atoms with van der Waals surface area (Å²) in [4.78, 5) is 24.1. The molecule has 5 N–H and O–H groups in total. The molecular weight excluding hydrogens is 356 g/mol. The number of amides is 2. The van der Waals surface area contributed by atoms with Crippen molar-refractivity contribution in [1.29, 1.82) is 0 Å². The molecule has 1 saturated carbocycles. The van der Waals surface area contributed by atoms with Crippen molar-refractivity contribution in [2.45, 2.75) is 70.0 Å². The van der Waals surface area contributed by atoms with Crippen LogP contribution in [-0.2, 0) is 9.59 Å². The standard InChI is InChI=1S/C16H28F4N4O2/c1-9(2)13(14(25)22-7-11(17)18)24-10-3-5-16(21,6-4-10)15(26)23-8-12(19)20/h9-13,24H,3-8,21H2,1-2H3,(H,22,25)(H,23,26). The molecule has 1 aliphatic carbocycles. The Morgan fingerprint density at radius 3 is 2.00 bits per heavy atom. The molecule has 10 heteroatoms. The van der Waals surface area contributed by atoms with Gasteiger partial charge in [-0.15, -0.1) is 0 Å². The van der Waals surface area contributed by atoms with E-state index in [4.69, 9.17) is 5.73 Å². The van der Waals surface area contributed by atoms with Gasteiger partial charge in [0.05, 0.1) is 24.7 Å². The number of rotatable bonds is 9. The van der Waals surface area contributed by atoms with Gasteiger partial charge in [-0.2, -0.15) is 0 Å². The van der Waals surface area contributed by atoms with Gasteiger partial charge in [0.15, 0.2) is 0 Å². The molecule has 0 aromatic rings. The average Bonchev–Trinajstić information content (AvgIpc) is 2.56. The lowest BCUT2D eigenvalue weighted by molar-refractivity contribution is -0.129. The molecule has 0 aliphatic heterocycles. The zero-order chi connectivity index (χ0) is 19.9. The molecule has 1 aliphatic rings. The first-order chi connectivity index (χ1) is 12.0. The van der Waals surface area contributed by atoms with E-state index in [1.807, 2.05) is 0 Å². The van der Waals surface area contributed by atoms with Crippen LogP contribution in [0.4, 0.5) is 17.6 Å². The van der Waals surface area contributed by atoms with Crippen LogP contribution in [0.1, 0.15) is 39.5 Å². The normalized spacial score (nSPS) is 24.8. The minimum Gasteiger partial charge on any atom is -0.349 e. The van der Waals surface area contributed by atoms with E-state index in [1.165, 1.54) is 0 Å². The lowest BCUT2D eigenvalue weighted by Gasteiger charge is -2.38. The van der Waals surface area contributed by atoms with Gasteiger partial charge in [-0.05, 0) is 31.6 Å². The third kappa shape index (κ3) is 7.06. The van der Waals surface area contributed by atoms with Crippen LogP contribution >= 0.6 is 0 Å². The molecule has 1 fully saturated rings. The van der Waals surface area contributed by atoms with Crippen LogP contribution in [0.15, 0.2) is 0 Å². The summed E-state index contributed by atoms with van der Waals surface area (Å²) in [5.41, 5.74) is 4.83. The Morgan fingerprint density at radius 2 is 1.54 bits per heavy atom. The first kappa shape index (κ1) is 22.6. The van der Waals surface area contributed by atoms with Crippen LogP contribution < -0.4 is 21.7 Å². The van der Waals surface area contributed by atoms with Gasteiger partial charge in [-0.1, -0.05) is 13.8 Å². The Hall–Kier alpha value is -1.42. The highest BCUT2D eigenvalue weighted by molar-refractivity contribution is 5.86. The molecule has 0 saturated heterocycles. The lowest BCUT2D eigenvalue weighted by atomic mass is 9.79. The van der Waals surface area contributed by atoms with E-state index in [0.29, 0.717) is 12.8 Å². The molecule has 0 aromatic carbocycles. The predicted octanol–water partition coefficient (Wildman–Crippen LogP) is 1.00. The van der Waals surface area contributed by atoms with Gasteiger partial charge >= 0.3 is 0 Å². The smallest absolute Gasteiger partial charge is 0.255 e. The van der Waals surface area contributed by atoms with Crippen LogP contribution in [0.2, 0.25) is 0 Å². The van der Waals surface area contributed by atoms with Crippen molar-refractivity contribution in [3.8, 4) is 0 Å². The second-order valence-electron chi connectivity index (χ2n) is 7.06. The molecule has 0 aromatic heterocycles. The highest BCUT2D eigenvalue weighted by Gasteiger charge is 2.39. The van der Waals surface area contributed by atoms with Crippen molar-refractivity contribution < 1.29 is 27.2 Å². The van der Waals surface area contributed by atoms with Crippen LogP contribution in [0.3, 0.4) is 0 Å². The van der Waals surface area contributed by atoms with Crippen LogP contribution in [0.5, 0.6) is 0 Å². The Kier molecular flexibility index (Phi) is 8.75. The van der Waals surface area contributed by atoms with Crippen LogP contribution in [0.25, 0.3) is 0 Å². The number of hydrogen-bond acceptors (Lipinski definition) is 4. The number of alkyl halides is 4. The van der Waals surface area contributed by atoms with Gasteiger partial charge in [0.1, 0.15) is 0 Å². The minimum atomic E-state index is -2.64. The fraction of sp³-hybridized carbons (Fsp3) is 0.875. The average molecular weight is 384 g/mol. The fourth-order valence-electron chi connectivity index (χ4n) is 2.99. The third-order valence-corrected chi connectivity index (χ3v) is 4.54. The van der Waals surface area contributed by atoms with Gasteiger partial charge in [-0.3, -0.25) is 9.59 Å². The molecule has 2 amide bonds. The van der Waals surface area contributed by atoms with Crippen molar-refractivity contribution in [1.82, 2.24) is 16.0 Å². The number of halogens is 4. The largest absolute Gasteiger partial charge is 0.349 e. The monoisotopic (exact) mass is 384 g/mol. The summed E-state index contributed by atoms with van der Waals surface area (Å²) in [6.45, 7) is 2.16. The highest BCUT2D eigenvalue weighted by Crippen LogP contribution is 2.27. The first-order valence-corrected chi connectivity index (χ1v) is 8.72. The van der Waals surface area contributed by atoms with Gasteiger partial charge in [-0.25, -0.2) is 17.6 Å². The van der Waals surface area contributed by atoms with Gasteiger partial charge < -0.3 is 21.7 Å². The minimum absolute atomic E-state index is 0.112. The summed E-state index contributed by atoms with van der Waals surface area (Å²) in [5.74, 6) is -1.22. The van der Waals surface area contributed by atoms with Crippen molar-refractivity contribution in [2.75, 3.05) is 13.1 Å². The summed E-state index contributed by atoms with van der Waals surface area (Å²) >= 11 is 0. The molecule has 0 heterocycles. The lowest BCUT2D eigenvalue weighted by Crippen LogP contribution is -2.59. The first-order valence-electron chi connectivity index (χ1n) is 8.72. The Morgan fingerprint density at radius 1 is 1.04 bits per heavy atom. The van der Waals surface area contributed by atoms with E-state index >= 15 is 0 Å². The van der Waals surface area contributed by atoms with Crippen molar-refractivity contribution in [2.24, 2.45) is 11.7 Å². The fourth-order valence-corrected chi connectivity index (χ4v) is 2.99. The van der Waals surface area contributed by atoms with E-state index in [-0.39, 0.29) is 24.8 Å². The van der Waals surface area contributed by atoms with Crippen LogP contribution in [0, 0.1) is 5.92 Å². The molecule has 1 atom stereocenters. The maximum atomic E-state index is 12.3. The highest BCUT2D eigenvalue weighted by atomic mass is 19.3. The molecule has 0 bridgehead atoms. The Labute approximate surface area is 150 Å². The number of nitrogens with one attached hydrogen (secondary N) is 3.